The van der Waals surface area contributed by atoms with Crippen LogP contribution in [0.15, 0.2) is 36.9 Å². The van der Waals surface area contributed by atoms with E-state index in [9.17, 15) is 4.79 Å². The third-order valence-electron chi connectivity index (χ3n) is 4.09. The Balaban J connectivity index is 1.40. The normalized spacial score (nSPS) is 16.2. The highest BCUT2D eigenvalue weighted by Gasteiger charge is 2.22. The molecule has 24 heavy (non-hydrogen) atoms. The summed E-state index contributed by atoms with van der Waals surface area (Å²) in [6.45, 7) is 6.08. The summed E-state index contributed by atoms with van der Waals surface area (Å²) < 4.78 is 1.86. The standard InChI is InChI=1S/C16H23N7O/c1-14(13-23-7-3-6-20-23)19-12-15(24)21-8-10-22(11-9-21)16-17-4-2-5-18-16/h2-7,14,19H,8-13H2,1H3. The van der Waals surface area contributed by atoms with Crippen molar-refractivity contribution < 1.29 is 4.79 Å². The zero-order valence-electron chi connectivity index (χ0n) is 13.9. The summed E-state index contributed by atoms with van der Waals surface area (Å²) >= 11 is 0. The Morgan fingerprint density at radius 1 is 1.17 bits per heavy atom. The monoisotopic (exact) mass is 329 g/mol. The zero-order valence-corrected chi connectivity index (χ0v) is 13.9. The predicted molar refractivity (Wildman–Crippen MR) is 90.5 cm³/mol. The summed E-state index contributed by atoms with van der Waals surface area (Å²) in [5.74, 6) is 0.867. The van der Waals surface area contributed by atoms with Gasteiger partial charge in [0, 0.05) is 57.0 Å². The third-order valence-corrected chi connectivity index (χ3v) is 4.09. The molecule has 8 heteroatoms. The summed E-state index contributed by atoms with van der Waals surface area (Å²) in [6, 6.07) is 3.89. The van der Waals surface area contributed by atoms with E-state index in [1.54, 1.807) is 24.7 Å². The lowest BCUT2D eigenvalue weighted by molar-refractivity contribution is -0.130. The Morgan fingerprint density at radius 3 is 2.58 bits per heavy atom. The molecule has 1 amide bonds. The molecule has 1 aliphatic rings. The van der Waals surface area contributed by atoms with E-state index in [0.717, 1.165) is 25.6 Å². The lowest BCUT2D eigenvalue weighted by Gasteiger charge is -2.34. The number of piperazine rings is 1. The number of anilines is 1. The van der Waals surface area contributed by atoms with Crippen molar-refractivity contribution in [2.75, 3.05) is 37.6 Å². The number of aromatic nitrogens is 4. The van der Waals surface area contributed by atoms with Crippen LogP contribution in [0.4, 0.5) is 5.95 Å². The van der Waals surface area contributed by atoms with Crippen molar-refractivity contribution in [3.63, 3.8) is 0 Å². The maximum absolute atomic E-state index is 12.3. The molecule has 1 unspecified atom stereocenters. The third kappa shape index (κ3) is 4.29. The van der Waals surface area contributed by atoms with Crippen LogP contribution in [-0.2, 0) is 11.3 Å². The van der Waals surface area contributed by atoms with Crippen LogP contribution in [0.1, 0.15) is 6.92 Å². The van der Waals surface area contributed by atoms with Crippen LogP contribution >= 0.6 is 0 Å². The topological polar surface area (TPSA) is 79.2 Å². The van der Waals surface area contributed by atoms with E-state index in [2.05, 4.69) is 32.2 Å². The first-order chi connectivity index (χ1) is 11.7. The Morgan fingerprint density at radius 2 is 1.92 bits per heavy atom. The average molecular weight is 329 g/mol. The summed E-state index contributed by atoms with van der Waals surface area (Å²) in [5, 5.41) is 7.44. The van der Waals surface area contributed by atoms with Gasteiger partial charge in [-0.15, -0.1) is 0 Å². The Hall–Kier alpha value is -2.48. The van der Waals surface area contributed by atoms with Crippen LogP contribution in [0.25, 0.3) is 0 Å². The van der Waals surface area contributed by atoms with Gasteiger partial charge in [0.2, 0.25) is 11.9 Å². The van der Waals surface area contributed by atoms with Crippen molar-refractivity contribution in [2.45, 2.75) is 19.5 Å². The lowest BCUT2D eigenvalue weighted by atomic mass is 10.3. The molecule has 0 aromatic carbocycles. The Bertz CT molecular complexity index is 623. The SMILES string of the molecule is CC(Cn1cccn1)NCC(=O)N1CCN(c2ncccn2)CC1. The highest BCUT2D eigenvalue weighted by molar-refractivity contribution is 5.78. The molecule has 128 valence electrons. The van der Waals surface area contributed by atoms with Crippen molar-refractivity contribution in [1.82, 2.24) is 30.0 Å². The first-order valence-corrected chi connectivity index (χ1v) is 8.23. The summed E-state index contributed by atoms with van der Waals surface area (Å²) in [4.78, 5) is 24.9. The molecular formula is C16H23N7O. The van der Waals surface area contributed by atoms with E-state index in [4.69, 9.17) is 0 Å². The average Bonchev–Trinajstić information content (AvgIpc) is 3.13. The molecular weight excluding hydrogens is 306 g/mol. The molecule has 1 fully saturated rings. The number of carbonyl (C=O) groups is 1. The van der Waals surface area contributed by atoms with Gasteiger partial charge in [0.05, 0.1) is 13.1 Å². The number of amides is 1. The van der Waals surface area contributed by atoms with Crippen LogP contribution < -0.4 is 10.2 Å². The predicted octanol–water partition coefficient (Wildman–Crippen LogP) is 0.00000000000000200. The van der Waals surface area contributed by atoms with Crippen molar-refractivity contribution in [3.8, 4) is 0 Å². The second-order valence-electron chi connectivity index (χ2n) is 5.93. The number of rotatable bonds is 6. The molecule has 3 rings (SSSR count). The molecule has 1 N–H and O–H groups in total. The molecule has 0 aliphatic carbocycles. The Kier molecular flexibility index (Phi) is 5.37. The quantitative estimate of drug-likeness (QED) is 0.804. The fourth-order valence-corrected chi connectivity index (χ4v) is 2.74. The van der Waals surface area contributed by atoms with E-state index in [1.807, 2.05) is 21.8 Å². The number of nitrogens with zero attached hydrogens (tertiary/aromatic N) is 6. The molecule has 0 bridgehead atoms. The fourth-order valence-electron chi connectivity index (χ4n) is 2.74. The van der Waals surface area contributed by atoms with Gasteiger partial charge in [-0.1, -0.05) is 0 Å². The molecule has 2 aromatic rings. The number of hydrogen-bond donors (Lipinski definition) is 1. The van der Waals surface area contributed by atoms with Crippen LogP contribution in [0.5, 0.6) is 0 Å². The van der Waals surface area contributed by atoms with Crippen LogP contribution in [-0.4, -0.2) is 69.3 Å². The van der Waals surface area contributed by atoms with E-state index < -0.39 is 0 Å². The van der Waals surface area contributed by atoms with Crippen LogP contribution in [0.2, 0.25) is 0 Å². The molecule has 2 aromatic heterocycles. The molecule has 1 saturated heterocycles. The highest BCUT2D eigenvalue weighted by Crippen LogP contribution is 2.09. The molecule has 8 nitrogen and oxygen atoms in total. The van der Waals surface area contributed by atoms with Crippen molar-refractivity contribution >= 4 is 11.9 Å². The van der Waals surface area contributed by atoms with Gasteiger partial charge in [0.1, 0.15) is 0 Å². The van der Waals surface area contributed by atoms with Crippen molar-refractivity contribution in [3.05, 3.63) is 36.9 Å². The molecule has 0 spiro atoms. The van der Waals surface area contributed by atoms with Gasteiger partial charge in [-0.2, -0.15) is 5.10 Å². The summed E-state index contributed by atoms with van der Waals surface area (Å²) in [6.07, 6.45) is 7.16. The van der Waals surface area contributed by atoms with Gasteiger partial charge in [0.25, 0.3) is 0 Å². The molecule has 0 saturated carbocycles. The van der Waals surface area contributed by atoms with E-state index in [0.29, 0.717) is 19.6 Å². The first-order valence-electron chi connectivity index (χ1n) is 8.23. The van der Waals surface area contributed by atoms with Crippen molar-refractivity contribution in [2.24, 2.45) is 0 Å². The molecule has 1 aliphatic heterocycles. The minimum Gasteiger partial charge on any atom is -0.338 e. The number of hydrogen-bond acceptors (Lipinski definition) is 6. The van der Waals surface area contributed by atoms with Crippen LogP contribution in [0, 0.1) is 0 Å². The minimum absolute atomic E-state index is 0.135. The largest absolute Gasteiger partial charge is 0.338 e. The van der Waals surface area contributed by atoms with Gasteiger partial charge < -0.3 is 15.1 Å². The fraction of sp³-hybridized carbons (Fsp3) is 0.500. The van der Waals surface area contributed by atoms with Crippen molar-refractivity contribution in [1.29, 1.82) is 0 Å². The number of carbonyl (C=O) groups excluding carboxylic acids is 1. The summed E-state index contributed by atoms with van der Waals surface area (Å²) in [5.41, 5.74) is 0. The summed E-state index contributed by atoms with van der Waals surface area (Å²) in [7, 11) is 0. The minimum atomic E-state index is 0.135. The molecule has 3 heterocycles. The van der Waals surface area contributed by atoms with Gasteiger partial charge in [-0.3, -0.25) is 9.48 Å². The smallest absolute Gasteiger partial charge is 0.236 e. The van der Waals surface area contributed by atoms with Crippen LogP contribution in [0.3, 0.4) is 0 Å². The number of nitrogens with one attached hydrogen (secondary N) is 1. The van der Waals surface area contributed by atoms with E-state index >= 15 is 0 Å². The maximum atomic E-state index is 12.3. The maximum Gasteiger partial charge on any atom is 0.236 e. The molecule has 0 radical (unpaired) electrons. The van der Waals surface area contributed by atoms with Gasteiger partial charge in [-0.05, 0) is 19.1 Å². The second kappa shape index (κ2) is 7.87. The first kappa shape index (κ1) is 16.4. The molecule has 1 atom stereocenters. The van der Waals surface area contributed by atoms with E-state index in [-0.39, 0.29) is 11.9 Å². The Labute approximate surface area is 141 Å². The second-order valence-corrected chi connectivity index (χ2v) is 5.93. The van der Waals surface area contributed by atoms with E-state index in [1.165, 1.54) is 0 Å². The van der Waals surface area contributed by atoms with Gasteiger partial charge in [-0.25, -0.2) is 9.97 Å². The highest BCUT2D eigenvalue weighted by atomic mass is 16.2. The lowest BCUT2D eigenvalue weighted by Crippen LogP contribution is -2.52. The van der Waals surface area contributed by atoms with Gasteiger partial charge in [0.15, 0.2) is 0 Å². The zero-order chi connectivity index (χ0) is 16.8. The van der Waals surface area contributed by atoms with Gasteiger partial charge >= 0.3 is 0 Å².